The fourth-order valence-electron chi connectivity index (χ4n) is 2.12. The highest BCUT2D eigenvalue weighted by Gasteiger charge is 2.14. The number of Topliss-reactive ketones (excluding diaryl/α,β-unsaturated/α-hetero) is 1. The molecule has 0 saturated carbocycles. The van der Waals surface area contributed by atoms with Crippen LogP contribution in [0.25, 0.3) is 0 Å². The van der Waals surface area contributed by atoms with Gasteiger partial charge in [-0.1, -0.05) is 10.3 Å². The van der Waals surface area contributed by atoms with Crippen molar-refractivity contribution in [1.29, 1.82) is 0 Å². The van der Waals surface area contributed by atoms with E-state index in [0.717, 1.165) is 31.9 Å². The van der Waals surface area contributed by atoms with E-state index in [9.17, 15) is 4.79 Å². The number of ether oxygens (including phenoxy) is 1. The van der Waals surface area contributed by atoms with Gasteiger partial charge in [0.1, 0.15) is 13.2 Å². The van der Waals surface area contributed by atoms with E-state index in [2.05, 4.69) is 10.6 Å². The van der Waals surface area contributed by atoms with Crippen molar-refractivity contribution in [2.24, 2.45) is 0 Å². The van der Waals surface area contributed by atoms with Crippen LogP contribution < -0.4 is 15.0 Å². The maximum absolute atomic E-state index is 12.2. The summed E-state index contributed by atoms with van der Waals surface area (Å²) >= 11 is 1.60. The molecule has 1 aliphatic heterocycles. The molecule has 2 heterocycles. The van der Waals surface area contributed by atoms with E-state index >= 15 is 0 Å². The minimum Gasteiger partial charge on any atom is -0.399 e. The van der Waals surface area contributed by atoms with E-state index in [1.54, 1.807) is 56.7 Å². The second kappa shape index (κ2) is 7.41. The number of morpholine rings is 1. The Labute approximate surface area is 140 Å². The lowest BCUT2D eigenvalue weighted by molar-refractivity contribution is 0.0971. The van der Waals surface area contributed by atoms with Crippen molar-refractivity contribution in [1.82, 2.24) is 4.58 Å². The Bertz CT molecular complexity index is 711. The summed E-state index contributed by atoms with van der Waals surface area (Å²) in [5.74, 6) is 0.594. The standard InChI is InChI=1S/C15H16N2O2S3/c16-12-3-1-11(2-4-12)13(18)10-20-15-9-14(21-22-15)17-5-7-19-8-6-17/h1-4,9H,5-8,10H2,(H-,16,18)/p+1. The largest absolute Gasteiger partial charge is 0.399 e. The molecule has 116 valence electrons. The van der Waals surface area contributed by atoms with E-state index in [1.165, 1.54) is 8.88 Å². The first kappa shape index (κ1) is 15.7. The molecule has 0 bridgehead atoms. The van der Waals surface area contributed by atoms with Crippen molar-refractivity contribution >= 4 is 43.9 Å². The summed E-state index contributed by atoms with van der Waals surface area (Å²) in [4.78, 5) is 12.2. The number of nitrogens with zero attached hydrogens (tertiary/aromatic N) is 1. The van der Waals surface area contributed by atoms with Gasteiger partial charge >= 0.3 is 0 Å². The topological polar surface area (TPSA) is 55.3 Å². The summed E-state index contributed by atoms with van der Waals surface area (Å²) in [7, 11) is 3.50. The summed E-state index contributed by atoms with van der Waals surface area (Å²) in [5.41, 5.74) is 7.04. The molecule has 0 radical (unpaired) electrons. The third-order valence-corrected chi connectivity index (χ3v) is 7.29. The zero-order valence-corrected chi connectivity index (χ0v) is 14.4. The van der Waals surface area contributed by atoms with E-state index in [1.807, 2.05) is 0 Å². The van der Waals surface area contributed by atoms with Gasteiger partial charge in [-0.25, -0.2) is 4.58 Å². The number of thioether (sulfide) groups is 1. The van der Waals surface area contributed by atoms with Gasteiger partial charge in [0.25, 0.3) is 4.67 Å². The molecule has 7 heteroatoms. The number of benzene rings is 1. The maximum Gasteiger partial charge on any atom is 0.268 e. The quantitative estimate of drug-likeness (QED) is 0.301. The Kier molecular flexibility index (Phi) is 5.30. The van der Waals surface area contributed by atoms with Crippen LogP contribution in [-0.2, 0) is 4.74 Å². The first-order valence-corrected chi connectivity index (χ1v) is 10.1. The molecule has 3 rings (SSSR count). The van der Waals surface area contributed by atoms with Crippen LogP contribution in [0.2, 0.25) is 0 Å². The lowest BCUT2D eigenvalue weighted by Crippen LogP contribution is -2.38. The van der Waals surface area contributed by atoms with Gasteiger partial charge in [-0.3, -0.25) is 4.79 Å². The second-order valence-corrected chi connectivity index (χ2v) is 8.37. The Morgan fingerprint density at radius 1 is 1.23 bits per heavy atom. The van der Waals surface area contributed by atoms with Gasteiger partial charge in [0, 0.05) is 17.3 Å². The van der Waals surface area contributed by atoms with E-state index in [4.69, 9.17) is 10.5 Å². The van der Waals surface area contributed by atoms with Gasteiger partial charge in [-0.15, -0.1) is 11.8 Å². The molecule has 1 saturated heterocycles. The van der Waals surface area contributed by atoms with E-state index < -0.39 is 0 Å². The third-order valence-electron chi connectivity index (χ3n) is 3.35. The van der Waals surface area contributed by atoms with Crippen molar-refractivity contribution in [2.75, 3.05) is 37.8 Å². The number of hydrogen-bond donors (Lipinski definition) is 1. The molecule has 0 amide bonds. The van der Waals surface area contributed by atoms with Gasteiger partial charge in [-0.05, 0) is 34.6 Å². The number of anilines is 1. The molecule has 0 atom stereocenters. The van der Waals surface area contributed by atoms with Crippen LogP contribution >= 0.6 is 32.4 Å². The first-order valence-electron chi connectivity index (χ1n) is 7.00. The molecule has 0 unspecified atom stereocenters. The van der Waals surface area contributed by atoms with Crippen LogP contribution in [0.5, 0.6) is 0 Å². The smallest absolute Gasteiger partial charge is 0.268 e. The first-order chi connectivity index (χ1) is 10.7. The lowest BCUT2D eigenvalue weighted by Gasteiger charge is -2.09. The number of rotatable bonds is 4. The van der Waals surface area contributed by atoms with Gasteiger partial charge in [0.15, 0.2) is 18.9 Å². The van der Waals surface area contributed by atoms with Crippen LogP contribution in [-0.4, -0.2) is 37.8 Å². The predicted octanol–water partition coefficient (Wildman–Crippen LogP) is 2.17. The van der Waals surface area contributed by atoms with E-state index in [0.29, 0.717) is 11.4 Å². The summed E-state index contributed by atoms with van der Waals surface area (Å²) in [6.07, 6.45) is 0. The molecule has 0 spiro atoms. The highest BCUT2D eigenvalue weighted by molar-refractivity contribution is 8.03. The highest BCUT2D eigenvalue weighted by atomic mass is 32.9. The fraction of sp³-hybridized carbons (Fsp3) is 0.333. The second-order valence-electron chi connectivity index (χ2n) is 4.90. The summed E-state index contributed by atoms with van der Waals surface area (Å²) < 4.78 is 10.2. The molecular weight excluding hydrogens is 336 g/mol. The molecule has 22 heavy (non-hydrogen) atoms. The molecule has 1 aliphatic rings. The van der Waals surface area contributed by atoms with Crippen LogP contribution in [0.4, 0.5) is 5.69 Å². The zero-order valence-electron chi connectivity index (χ0n) is 12.0. The molecule has 1 aromatic heterocycles. The fourth-order valence-corrected chi connectivity index (χ4v) is 5.90. The van der Waals surface area contributed by atoms with Crippen molar-refractivity contribution in [2.45, 2.75) is 4.21 Å². The molecule has 4 nitrogen and oxygen atoms in total. The van der Waals surface area contributed by atoms with Gasteiger partial charge in [0.2, 0.25) is 0 Å². The van der Waals surface area contributed by atoms with E-state index in [-0.39, 0.29) is 5.78 Å². The lowest BCUT2D eigenvalue weighted by atomic mass is 10.1. The van der Waals surface area contributed by atoms with Crippen LogP contribution in [0, 0.1) is 0 Å². The summed E-state index contributed by atoms with van der Waals surface area (Å²) in [6, 6.07) is 9.29. The summed E-state index contributed by atoms with van der Waals surface area (Å²) in [5, 5.41) is 0. The average molecular weight is 354 g/mol. The van der Waals surface area contributed by atoms with Crippen molar-refractivity contribution < 1.29 is 9.53 Å². The molecule has 2 N–H and O–H groups in total. The Morgan fingerprint density at radius 2 is 1.95 bits per heavy atom. The van der Waals surface area contributed by atoms with Crippen molar-refractivity contribution in [3.05, 3.63) is 40.6 Å². The SMILES string of the molecule is Nc1ccc(C(=O)CSc2cc(=[N+]3CCOCC3)ss2)cc1. The Balaban J connectivity index is 1.63. The molecule has 0 aliphatic carbocycles. The molecule has 1 aromatic carbocycles. The van der Waals surface area contributed by atoms with Crippen molar-refractivity contribution in [3.8, 4) is 0 Å². The van der Waals surface area contributed by atoms with Crippen LogP contribution in [0.1, 0.15) is 10.4 Å². The number of hydrogen-bond acceptors (Lipinski definition) is 6. The molecular formula is C15H17N2O2S3+. The highest BCUT2D eigenvalue weighted by Crippen LogP contribution is 2.25. The monoisotopic (exact) mass is 353 g/mol. The van der Waals surface area contributed by atoms with Crippen molar-refractivity contribution in [3.63, 3.8) is 0 Å². The number of carbonyl (C=O) groups excluding carboxylic acids is 1. The Morgan fingerprint density at radius 3 is 2.68 bits per heavy atom. The van der Waals surface area contributed by atoms with Crippen LogP contribution in [0.15, 0.2) is 34.5 Å². The predicted molar refractivity (Wildman–Crippen MR) is 93.9 cm³/mol. The van der Waals surface area contributed by atoms with Gasteiger partial charge < -0.3 is 10.5 Å². The zero-order chi connectivity index (χ0) is 15.4. The molecule has 2 aromatic rings. The minimum atomic E-state index is 0.135. The molecule has 1 fully saturated rings. The average Bonchev–Trinajstić information content (AvgIpc) is 3.03. The summed E-state index contributed by atoms with van der Waals surface area (Å²) in [6.45, 7) is 3.48. The third kappa shape index (κ3) is 3.98. The normalized spacial score (nSPS) is 15.0. The maximum atomic E-state index is 12.2. The minimum absolute atomic E-state index is 0.135. The Hall–Kier alpha value is -1.15. The number of nitrogens with two attached hydrogens (primary N) is 1. The number of carbonyl (C=O) groups is 1. The number of nitrogen functional groups attached to an aromatic ring is 1. The number of ketones is 1. The van der Waals surface area contributed by atoms with Crippen LogP contribution in [0.3, 0.4) is 0 Å². The van der Waals surface area contributed by atoms with Gasteiger partial charge in [0.05, 0.1) is 9.96 Å². The van der Waals surface area contributed by atoms with Gasteiger partial charge in [-0.2, -0.15) is 0 Å².